The van der Waals surface area contributed by atoms with E-state index in [2.05, 4.69) is 0 Å². The minimum atomic E-state index is -1.32. The molecule has 5 N–H and O–H groups in total. The second-order valence-electron chi connectivity index (χ2n) is 9.07. The van der Waals surface area contributed by atoms with Gasteiger partial charge in [-0.2, -0.15) is 0 Å². The molecule has 0 bridgehead atoms. The van der Waals surface area contributed by atoms with Crippen LogP contribution in [0.25, 0.3) is 0 Å². The normalized spacial score (nSPS) is 15.3. The molecule has 1 aromatic carbocycles. The maximum atomic E-state index is 14.2. The van der Waals surface area contributed by atoms with Gasteiger partial charge in [0.25, 0.3) is 0 Å². The number of amidine groups is 1. The molecule has 1 fully saturated rings. The molecule has 0 aliphatic heterocycles. The predicted octanol–water partition coefficient (Wildman–Crippen LogP) is 3.27. The van der Waals surface area contributed by atoms with E-state index in [9.17, 15) is 28.7 Å². The number of ether oxygens (including phenoxy) is 1. The molecular formula is C25H28FN3O7S. The number of nitrogens with two attached hydrogens (primary N) is 1. The van der Waals surface area contributed by atoms with Crippen molar-refractivity contribution >= 4 is 40.9 Å². The molecule has 0 saturated heterocycles. The van der Waals surface area contributed by atoms with E-state index in [1.165, 1.54) is 18.2 Å². The Bertz CT molecular complexity index is 1220. The highest BCUT2D eigenvalue weighted by atomic mass is 32.1. The van der Waals surface area contributed by atoms with Crippen molar-refractivity contribution in [3.05, 3.63) is 51.5 Å². The lowest BCUT2D eigenvalue weighted by Crippen LogP contribution is -2.51. The SMILES string of the molecule is CN(Cc1ccc(C(=O)Oc2ccc(C(=N)N)cc2F)s1)C1(C(=O)C[C@@H](CC(=O)O)C(=O)O)CCCC1. The van der Waals surface area contributed by atoms with E-state index in [-0.39, 0.29) is 34.2 Å². The molecule has 2 aromatic rings. The average Bonchev–Trinajstić information content (AvgIpc) is 3.50. The van der Waals surface area contributed by atoms with Crippen molar-refractivity contribution in [1.29, 1.82) is 5.41 Å². The second kappa shape index (κ2) is 11.6. The molecule has 0 spiro atoms. The third kappa shape index (κ3) is 6.57. The Balaban J connectivity index is 1.70. The molecular weight excluding hydrogens is 505 g/mol. The van der Waals surface area contributed by atoms with E-state index >= 15 is 0 Å². The molecule has 1 heterocycles. The summed E-state index contributed by atoms with van der Waals surface area (Å²) in [7, 11) is 1.75. The number of aliphatic carboxylic acids is 2. The Labute approximate surface area is 216 Å². The van der Waals surface area contributed by atoms with Crippen LogP contribution in [0.15, 0.2) is 30.3 Å². The van der Waals surface area contributed by atoms with E-state index in [1.54, 1.807) is 13.1 Å². The fourth-order valence-corrected chi connectivity index (χ4v) is 5.50. The van der Waals surface area contributed by atoms with Crippen LogP contribution in [0.5, 0.6) is 5.75 Å². The molecule has 12 heteroatoms. The van der Waals surface area contributed by atoms with Crippen molar-refractivity contribution in [2.24, 2.45) is 11.7 Å². The number of carboxylic acid groups (broad SMARTS) is 2. The predicted molar refractivity (Wildman–Crippen MR) is 132 cm³/mol. The van der Waals surface area contributed by atoms with Crippen LogP contribution in [0.3, 0.4) is 0 Å². The zero-order valence-electron chi connectivity index (χ0n) is 20.2. The van der Waals surface area contributed by atoms with Crippen molar-refractivity contribution in [1.82, 2.24) is 4.90 Å². The molecule has 0 amide bonds. The van der Waals surface area contributed by atoms with Gasteiger partial charge in [0, 0.05) is 23.4 Å². The number of benzene rings is 1. The van der Waals surface area contributed by atoms with Crippen LogP contribution in [0, 0.1) is 17.1 Å². The molecule has 1 aliphatic carbocycles. The summed E-state index contributed by atoms with van der Waals surface area (Å²) in [6.45, 7) is 0.294. The topological polar surface area (TPSA) is 171 Å². The number of carbonyl (C=O) groups excluding carboxylic acids is 2. The van der Waals surface area contributed by atoms with Gasteiger partial charge in [-0.15, -0.1) is 11.3 Å². The van der Waals surface area contributed by atoms with Crippen molar-refractivity contribution in [2.75, 3.05) is 7.05 Å². The minimum Gasteiger partial charge on any atom is -0.481 e. The van der Waals surface area contributed by atoms with Crippen LogP contribution >= 0.6 is 11.3 Å². The largest absolute Gasteiger partial charge is 0.481 e. The number of esters is 1. The third-order valence-electron chi connectivity index (χ3n) is 6.58. The second-order valence-corrected chi connectivity index (χ2v) is 10.2. The highest BCUT2D eigenvalue weighted by molar-refractivity contribution is 7.13. The summed E-state index contributed by atoms with van der Waals surface area (Å²) in [5, 5.41) is 25.7. The number of hydrogen-bond donors (Lipinski definition) is 4. The van der Waals surface area contributed by atoms with E-state index in [0.717, 1.165) is 35.1 Å². The van der Waals surface area contributed by atoms with Gasteiger partial charge in [0.05, 0.1) is 17.9 Å². The molecule has 0 unspecified atom stereocenters. The Morgan fingerprint density at radius 1 is 1.16 bits per heavy atom. The van der Waals surface area contributed by atoms with Crippen molar-refractivity contribution < 1.29 is 38.5 Å². The molecule has 1 aromatic heterocycles. The Hall–Kier alpha value is -3.64. The molecule has 3 rings (SSSR count). The van der Waals surface area contributed by atoms with Crippen LogP contribution in [-0.4, -0.2) is 57.2 Å². The van der Waals surface area contributed by atoms with Gasteiger partial charge in [-0.05, 0) is 50.2 Å². The summed E-state index contributed by atoms with van der Waals surface area (Å²) in [5.74, 6) is -6.41. The van der Waals surface area contributed by atoms with Crippen LogP contribution in [0.4, 0.5) is 4.39 Å². The Morgan fingerprint density at radius 2 is 1.84 bits per heavy atom. The number of carboxylic acids is 2. The monoisotopic (exact) mass is 533 g/mol. The number of carbonyl (C=O) groups is 4. The van der Waals surface area contributed by atoms with E-state index in [0.29, 0.717) is 19.4 Å². The van der Waals surface area contributed by atoms with Crippen LogP contribution < -0.4 is 10.5 Å². The van der Waals surface area contributed by atoms with Crippen LogP contribution in [0.2, 0.25) is 0 Å². The summed E-state index contributed by atoms with van der Waals surface area (Å²) >= 11 is 1.12. The zero-order valence-corrected chi connectivity index (χ0v) is 21.0. The minimum absolute atomic E-state index is 0.159. The fourth-order valence-electron chi connectivity index (χ4n) is 4.56. The summed E-state index contributed by atoms with van der Waals surface area (Å²) in [5.41, 5.74) is 4.57. The number of nitrogens with zero attached hydrogens (tertiary/aromatic N) is 1. The number of likely N-dealkylation sites (N-methyl/N-ethyl adjacent to an activating group) is 1. The quantitative estimate of drug-likeness (QED) is 0.138. The fraction of sp³-hybridized carbons (Fsp3) is 0.400. The van der Waals surface area contributed by atoms with Gasteiger partial charge in [0.15, 0.2) is 17.3 Å². The van der Waals surface area contributed by atoms with Crippen molar-refractivity contribution in [3.8, 4) is 5.75 Å². The first-order valence-electron chi connectivity index (χ1n) is 11.6. The Kier molecular flexibility index (Phi) is 8.77. The summed E-state index contributed by atoms with van der Waals surface area (Å²) in [4.78, 5) is 51.2. The first-order chi connectivity index (χ1) is 17.4. The van der Waals surface area contributed by atoms with Crippen LogP contribution in [0.1, 0.15) is 58.6 Å². The number of hydrogen-bond acceptors (Lipinski definition) is 8. The zero-order chi connectivity index (χ0) is 27.3. The first kappa shape index (κ1) is 27.9. The standard InChI is InChI=1S/C25H28FN3O7S/c1-29(25(8-2-3-9-25)20(30)11-15(23(33)34)12-21(31)32)13-16-5-7-19(37-16)24(35)36-18-6-4-14(22(27)28)10-17(18)26/h4-7,10,15H,2-3,8-9,11-13H2,1H3,(H3,27,28)(H,31,32)(H,33,34)/t15-/m0/s1. The third-order valence-corrected chi connectivity index (χ3v) is 7.63. The molecule has 198 valence electrons. The number of nitrogen functional groups attached to an aromatic ring is 1. The number of ketones is 1. The van der Waals surface area contributed by atoms with Gasteiger partial charge >= 0.3 is 17.9 Å². The number of thiophene rings is 1. The van der Waals surface area contributed by atoms with Gasteiger partial charge in [-0.25, -0.2) is 9.18 Å². The number of Topliss-reactive ketones (excluding diaryl/α,β-unsaturated/α-hetero) is 1. The van der Waals surface area contributed by atoms with Gasteiger partial charge in [-0.1, -0.05) is 12.8 Å². The maximum Gasteiger partial charge on any atom is 0.353 e. The van der Waals surface area contributed by atoms with Gasteiger partial charge in [0.2, 0.25) is 0 Å². The lowest BCUT2D eigenvalue weighted by atomic mass is 9.84. The summed E-state index contributed by atoms with van der Waals surface area (Å²) < 4.78 is 19.4. The van der Waals surface area contributed by atoms with Crippen molar-refractivity contribution in [3.63, 3.8) is 0 Å². The number of rotatable bonds is 12. The molecule has 1 aliphatic rings. The highest BCUT2D eigenvalue weighted by Gasteiger charge is 2.45. The van der Waals surface area contributed by atoms with Gasteiger partial charge in [-0.3, -0.25) is 24.7 Å². The first-order valence-corrected chi connectivity index (χ1v) is 12.4. The number of nitrogens with one attached hydrogen (secondary N) is 1. The summed E-state index contributed by atoms with van der Waals surface area (Å²) in [6.07, 6.45) is 1.61. The lowest BCUT2D eigenvalue weighted by Gasteiger charge is -2.38. The summed E-state index contributed by atoms with van der Waals surface area (Å²) in [6, 6.07) is 6.82. The molecule has 37 heavy (non-hydrogen) atoms. The molecule has 1 saturated carbocycles. The Morgan fingerprint density at radius 3 is 2.41 bits per heavy atom. The maximum absolute atomic E-state index is 14.2. The van der Waals surface area contributed by atoms with Gasteiger partial charge < -0.3 is 20.7 Å². The highest BCUT2D eigenvalue weighted by Crippen LogP contribution is 2.38. The smallest absolute Gasteiger partial charge is 0.353 e. The van der Waals surface area contributed by atoms with E-state index in [1.807, 2.05) is 4.90 Å². The van der Waals surface area contributed by atoms with E-state index < -0.39 is 41.6 Å². The lowest BCUT2D eigenvalue weighted by molar-refractivity contribution is -0.150. The average molecular weight is 534 g/mol. The van der Waals surface area contributed by atoms with Gasteiger partial charge in [0.1, 0.15) is 10.7 Å². The van der Waals surface area contributed by atoms with Crippen LogP contribution in [-0.2, 0) is 20.9 Å². The number of halogens is 1. The molecule has 10 nitrogen and oxygen atoms in total. The van der Waals surface area contributed by atoms with E-state index in [4.69, 9.17) is 21.0 Å². The van der Waals surface area contributed by atoms with Crippen molar-refractivity contribution in [2.45, 2.75) is 50.6 Å². The molecule has 0 radical (unpaired) electrons. The molecule has 1 atom stereocenters.